The Morgan fingerprint density at radius 1 is 1.31 bits per heavy atom. The number of allylic oxidation sites excluding steroid dienone is 1. The zero-order valence-electron chi connectivity index (χ0n) is 16.0. The van der Waals surface area contributed by atoms with E-state index < -0.39 is 16.3 Å². The number of hydrogen-bond donors (Lipinski definition) is 1. The molecule has 8 heteroatoms. The van der Waals surface area contributed by atoms with Gasteiger partial charge in [0.1, 0.15) is 0 Å². The van der Waals surface area contributed by atoms with Gasteiger partial charge in [0.15, 0.2) is 10.0 Å². The second kappa shape index (κ2) is 8.16. The molecule has 0 amide bonds. The topological polar surface area (TPSA) is 84.8 Å². The van der Waals surface area contributed by atoms with Gasteiger partial charge in [0.2, 0.25) is 11.8 Å². The number of aromatic nitrogens is 2. The summed E-state index contributed by atoms with van der Waals surface area (Å²) < 4.78 is 10.4. The Balaban J connectivity index is 2.53. The van der Waals surface area contributed by atoms with Crippen molar-refractivity contribution < 1.29 is 19.4 Å². The highest BCUT2D eigenvalue weighted by atomic mass is 32.2. The lowest BCUT2D eigenvalue weighted by Crippen LogP contribution is -2.60. The summed E-state index contributed by atoms with van der Waals surface area (Å²) in [6.45, 7) is 6.67. The van der Waals surface area contributed by atoms with Crippen molar-refractivity contribution in [2.24, 2.45) is 5.41 Å². The zero-order valence-corrected chi connectivity index (χ0v) is 16.8. The second-order valence-electron chi connectivity index (χ2n) is 6.81. The Morgan fingerprint density at radius 2 is 1.92 bits per heavy atom. The molecule has 1 unspecified atom stereocenters. The van der Waals surface area contributed by atoms with Crippen LogP contribution in [0.1, 0.15) is 40.0 Å². The Hall–Kier alpha value is -1.96. The van der Waals surface area contributed by atoms with Gasteiger partial charge in [0.25, 0.3) is 0 Å². The monoisotopic (exact) mass is 381 g/mol. The summed E-state index contributed by atoms with van der Waals surface area (Å²) in [7, 11) is 3.01. The summed E-state index contributed by atoms with van der Waals surface area (Å²) >= 11 is 1.14. The van der Waals surface area contributed by atoms with Crippen LogP contribution < -0.4 is 9.47 Å². The van der Waals surface area contributed by atoms with Crippen LogP contribution in [0, 0.1) is 5.41 Å². The summed E-state index contributed by atoms with van der Waals surface area (Å²) in [5.41, 5.74) is -0.536. The first kappa shape index (κ1) is 20.4. The number of ether oxygens (including phenoxy) is 2. The van der Waals surface area contributed by atoms with Crippen molar-refractivity contribution in [1.29, 1.82) is 0 Å². The van der Waals surface area contributed by atoms with E-state index in [1.807, 2.05) is 31.0 Å². The molecule has 0 saturated carbocycles. The number of nitrogens with zero attached hydrogens (tertiary/aromatic N) is 3. The minimum Gasteiger partial charge on any atom is -0.481 e. The number of hydrogen-bond acceptors (Lipinski definition) is 7. The third kappa shape index (κ3) is 3.75. The average molecular weight is 381 g/mol. The maximum atomic E-state index is 12.6. The summed E-state index contributed by atoms with van der Waals surface area (Å²) in [5, 5.41) is 10.6. The van der Waals surface area contributed by atoms with Gasteiger partial charge >= 0.3 is 5.97 Å². The van der Waals surface area contributed by atoms with Crippen LogP contribution in [0.25, 0.3) is 0 Å². The number of thioether (sulfide) groups is 1. The van der Waals surface area contributed by atoms with Gasteiger partial charge in [0, 0.05) is 12.0 Å². The Kier molecular flexibility index (Phi) is 6.39. The molecule has 1 aromatic heterocycles. The minimum absolute atomic E-state index is 0.313. The molecule has 7 nitrogen and oxygen atoms in total. The number of carboxylic acids is 1. The number of rotatable bonds is 8. The van der Waals surface area contributed by atoms with Gasteiger partial charge in [0.05, 0.1) is 20.3 Å². The quantitative estimate of drug-likeness (QED) is 0.686. The Bertz CT molecular complexity index is 658. The molecule has 1 aliphatic heterocycles. The molecule has 0 aliphatic carbocycles. The molecule has 2 rings (SSSR count). The molecule has 2 heterocycles. The summed E-state index contributed by atoms with van der Waals surface area (Å²) in [4.78, 5) is 21.9. The highest BCUT2D eigenvalue weighted by Crippen LogP contribution is 2.52. The molecule has 1 atom stereocenters. The lowest BCUT2D eigenvalue weighted by atomic mass is 9.77. The molecule has 1 aliphatic rings. The van der Waals surface area contributed by atoms with Gasteiger partial charge < -0.3 is 19.5 Å². The molecule has 0 spiro atoms. The first-order valence-corrected chi connectivity index (χ1v) is 9.45. The van der Waals surface area contributed by atoms with Crippen LogP contribution >= 0.6 is 11.8 Å². The maximum Gasteiger partial charge on any atom is 0.341 e. The van der Waals surface area contributed by atoms with Crippen molar-refractivity contribution in [1.82, 2.24) is 14.9 Å². The maximum absolute atomic E-state index is 12.6. The SMILES string of the molecule is CCCCN1C=CCC(C)(C)C1(Sc1nc(OC)cc(OC)n1)C(=O)O. The Labute approximate surface area is 158 Å². The average Bonchev–Trinajstić information content (AvgIpc) is 2.61. The van der Waals surface area contributed by atoms with Crippen molar-refractivity contribution in [3.8, 4) is 11.8 Å². The molecule has 0 fully saturated rings. The summed E-state index contributed by atoms with van der Waals surface area (Å²) in [5.74, 6) is -0.230. The van der Waals surface area contributed by atoms with E-state index >= 15 is 0 Å². The lowest BCUT2D eigenvalue weighted by molar-refractivity contribution is -0.150. The standard InChI is InChI=1S/C18H27N3O4S/c1-6-7-10-21-11-8-9-17(2,3)18(21,15(22)23)26-16-19-13(24-4)12-14(20-16)25-5/h8,11-12H,6-7,9-10H2,1-5H3,(H,22,23). The predicted molar refractivity (Wildman–Crippen MR) is 101 cm³/mol. The first-order chi connectivity index (χ1) is 12.3. The van der Waals surface area contributed by atoms with E-state index in [0.29, 0.717) is 29.9 Å². The fourth-order valence-corrected chi connectivity index (χ4v) is 4.34. The van der Waals surface area contributed by atoms with Crippen molar-refractivity contribution in [2.45, 2.75) is 50.1 Å². The van der Waals surface area contributed by atoms with E-state index in [1.54, 1.807) is 6.07 Å². The minimum atomic E-state index is -1.23. The van der Waals surface area contributed by atoms with Crippen LogP contribution in [0.15, 0.2) is 23.5 Å². The van der Waals surface area contributed by atoms with Crippen LogP contribution in [0.5, 0.6) is 11.8 Å². The third-order valence-corrected chi connectivity index (χ3v) is 6.22. The van der Waals surface area contributed by atoms with Crippen LogP contribution in [0.3, 0.4) is 0 Å². The molecule has 0 aromatic carbocycles. The van der Waals surface area contributed by atoms with Crippen LogP contribution in [0.2, 0.25) is 0 Å². The molecule has 1 N–H and O–H groups in total. The van der Waals surface area contributed by atoms with Gasteiger partial charge in [-0.25, -0.2) is 4.79 Å². The molecule has 0 saturated heterocycles. The van der Waals surface area contributed by atoms with Crippen molar-refractivity contribution in [3.05, 3.63) is 18.3 Å². The van der Waals surface area contributed by atoms with E-state index in [0.717, 1.165) is 24.6 Å². The predicted octanol–water partition coefficient (Wildman–Crippen LogP) is 3.41. The van der Waals surface area contributed by atoms with E-state index in [9.17, 15) is 9.90 Å². The number of unbranched alkanes of at least 4 members (excludes halogenated alkanes) is 1. The van der Waals surface area contributed by atoms with Gasteiger partial charge in [-0.15, -0.1) is 0 Å². The molecule has 144 valence electrons. The molecular weight excluding hydrogens is 354 g/mol. The second-order valence-corrected chi connectivity index (χ2v) is 7.97. The van der Waals surface area contributed by atoms with Crippen molar-refractivity contribution >= 4 is 17.7 Å². The normalized spacial score (nSPS) is 21.5. The van der Waals surface area contributed by atoms with Gasteiger partial charge in [-0.2, -0.15) is 9.97 Å². The van der Waals surface area contributed by atoms with E-state index in [2.05, 4.69) is 16.9 Å². The molecule has 26 heavy (non-hydrogen) atoms. The molecule has 0 bridgehead atoms. The van der Waals surface area contributed by atoms with Crippen LogP contribution in [-0.4, -0.2) is 51.6 Å². The lowest BCUT2D eigenvalue weighted by Gasteiger charge is -2.51. The number of carboxylic acid groups (broad SMARTS) is 1. The smallest absolute Gasteiger partial charge is 0.341 e. The fourth-order valence-electron chi connectivity index (χ4n) is 3.09. The summed E-state index contributed by atoms with van der Waals surface area (Å²) in [6, 6.07) is 1.57. The number of aliphatic carboxylic acids is 1. The molecule has 1 aromatic rings. The van der Waals surface area contributed by atoms with E-state index in [1.165, 1.54) is 14.2 Å². The fraction of sp³-hybridized carbons (Fsp3) is 0.611. The highest BCUT2D eigenvalue weighted by Gasteiger charge is 2.57. The Morgan fingerprint density at radius 3 is 2.42 bits per heavy atom. The van der Waals surface area contributed by atoms with Gasteiger partial charge in [-0.05, 0) is 30.8 Å². The highest BCUT2D eigenvalue weighted by molar-refractivity contribution is 8.01. The van der Waals surface area contributed by atoms with Crippen LogP contribution in [-0.2, 0) is 4.79 Å². The van der Waals surface area contributed by atoms with E-state index in [-0.39, 0.29) is 0 Å². The largest absolute Gasteiger partial charge is 0.481 e. The summed E-state index contributed by atoms with van der Waals surface area (Å²) in [6.07, 6.45) is 6.45. The number of carbonyl (C=O) groups is 1. The van der Waals surface area contributed by atoms with Crippen LogP contribution in [0.4, 0.5) is 0 Å². The molecular formula is C18H27N3O4S. The van der Waals surface area contributed by atoms with Crippen molar-refractivity contribution in [3.63, 3.8) is 0 Å². The zero-order chi connectivity index (χ0) is 19.4. The van der Waals surface area contributed by atoms with Gasteiger partial charge in [-0.1, -0.05) is 33.3 Å². The molecule has 0 radical (unpaired) electrons. The van der Waals surface area contributed by atoms with Gasteiger partial charge in [-0.3, -0.25) is 0 Å². The third-order valence-electron chi connectivity index (χ3n) is 4.59. The number of methoxy groups -OCH3 is 2. The van der Waals surface area contributed by atoms with E-state index in [4.69, 9.17) is 9.47 Å². The van der Waals surface area contributed by atoms with Crippen molar-refractivity contribution in [2.75, 3.05) is 20.8 Å². The first-order valence-electron chi connectivity index (χ1n) is 8.63.